The topological polar surface area (TPSA) is 64.3 Å². The smallest absolute Gasteiger partial charge is 0.243 e. The molecule has 2 aliphatic rings. The molecule has 0 spiro atoms. The fourth-order valence-corrected chi connectivity index (χ4v) is 3.56. The second kappa shape index (κ2) is 5.92. The third kappa shape index (κ3) is 2.76. The van der Waals surface area contributed by atoms with Gasteiger partial charge in [0.2, 0.25) is 5.91 Å². The van der Waals surface area contributed by atoms with E-state index in [4.69, 9.17) is 0 Å². The highest BCUT2D eigenvalue weighted by atomic mass is 16.3. The molecule has 4 heteroatoms. The Morgan fingerprint density at radius 3 is 2.42 bits per heavy atom. The van der Waals surface area contributed by atoms with Crippen molar-refractivity contribution in [1.29, 1.82) is 5.26 Å². The molecule has 0 bridgehead atoms. The van der Waals surface area contributed by atoms with Gasteiger partial charge in [-0.2, -0.15) is 5.26 Å². The van der Waals surface area contributed by atoms with E-state index in [1.165, 1.54) is 0 Å². The van der Waals surface area contributed by atoms with Gasteiger partial charge in [0.15, 0.2) is 0 Å². The van der Waals surface area contributed by atoms with Crippen molar-refractivity contribution in [3.63, 3.8) is 0 Å². The minimum absolute atomic E-state index is 0.0688. The van der Waals surface area contributed by atoms with Crippen LogP contribution >= 0.6 is 0 Å². The monoisotopic (exact) mass is 264 g/mol. The number of nitrogens with zero attached hydrogens (tertiary/aromatic N) is 2. The third-order valence-corrected chi connectivity index (χ3v) is 4.84. The summed E-state index contributed by atoms with van der Waals surface area (Å²) in [6.45, 7) is 0. The van der Waals surface area contributed by atoms with E-state index in [9.17, 15) is 15.2 Å². The van der Waals surface area contributed by atoms with Gasteiger partial charge in [-0.15, -0.1) is 0 Å². The van der Waals surface area contributed by atoms with Crippen molar-refractivity contribution in [3.05, 3.63) is 0 Å². The Hall–Kier alpha value is -1.08. The van der Waals surface area contributed by atoms with Gasteiger partial charge in [0.25, 0.3) is 0 Å². The van der Waals surface area contributed by atoms with Crippen LogP contribution in [0.3, 0.4) is 0 Å². The average Bonchev–Trinajstić information content (AvgIpc) is 2.47. The Morgan fingerprint density at radius 1 is 1.21 bits per heavy atom. The number of nitriles is 1. The lowest BCUT2D eigenvalue weighted by Crippen LogP contribution is -2.52. The Labute approximate surface area is 115 Å². The lowest BCUT2D eigenvalue weighted by atomic mass is 9.73. The van der Waals surface area contributed by atoms with E-state index < -0.39 is 11.5 Å². The van der Waals surface area contributed by atoms with E-state index in [-0.39, 0.29) is 11.9 Å². The van der Waals surface area contributed by atoms with Crippen molar-refractivity contribution < 1.29 is 9.90 Å². The summed E-state index contributed by atoms with van der Waals surface area (Å²) in [6, 6.07) is 2.18. The van der Waals surface area contributed by atoms with Gasteiger partial charge in [0, 0.05) is 7.05 Å². The highest BCUT2D eigenvalue weighted by Gasteiger charge is 2.44. The van der Waals surface area contributed by atoms with Crippen molar-refractivity contribution in [2.75, 3.05) is 7.05 Å². The maximum absolute atomic E-state index is 12.7. The molecule has 2 fully saturated rings. The van der Waals surface area contributed by atoms with Gasteiger partial charge in [-0.3, -0.25) is 4.79 Å². The fraction of sp³-hybridized carbons (Fsp3) is 0.867. The molecule has 0 heterocycles. The molecule has 0 aromatic carbocycles. The molecule has 0 radical (unpaired) electrons. The zero-order chi connectivity index (χ0) is 13.9. The first-order valence-electron chi connectivity index (χ1n) is 7.47. The van der Waals surface area contributed by atoms with Crippen LogP contribution in [0.1, 0.15) is 57.8 Å². The SMILES string of the molecule is CN(C(=O)C1(C#N)CCCCC1)C1CCCCC1O. The highest BCUT2D eigenvalue weighted by Crippen LogP contribution is 2.38. The van der Waals surface area contributed by atoms with E-state index in [1.807, 2.05) is 0 Å². The number of aliphatic hydroxyl groups is 1. The number of hydrogen-bond acceptors (Lipinski definition) is 3. The van der Waals surface area contributed by atoms with Crippen LogP contribution in [0, 0.1) is 16.7 Å². The van der Waals surface area contributed by atoms with E-state index in [0.29, 0.717) is 12.8 Å². The number of amides is 1. The van der Waals surface area contributed by atoms with Crippen LogP contribution in [0.2, 0.25) is 0 Å². The number of rotatable bonds is 2. The molecular formula is C15H24N2O2. The second-order valence-corrected chi connectivity index (χ2v) is 6.09. The van der Waals surface area contributed by atoms with Crippen molar-refractivity contribution in [3.8, 4) is 6.07 Å². The largest absolute Gasteiger partial charge is 0.391 e. The molecule has 106 valence electrons. The molecule has 4 nitrogen and oxygen atoms in total. The Morgan fingerprint density at radius 2 is 1.84 bits per heavy atom. The maximum atomic E-state index is 12.7. The van der Waals surface area contributed by atoms with Crippen LogP contribution in [-0.4, -0.2) is 35.1 Å². The summed E-state index contributed by atoms with van der Waals surface area (Å²) in [5.41, 5.74) is -0.829. The normalized spacial score (nSPS) is 30.4. The third-order valence-electron chi connectivity index (χ3n) is 4.84. The lowest BCUT2D eigenvalue weighted by Gasteiger charge is -2.40. The zero-order valence-electron chi connectivity index (χ0n) is 11.8. The molecule has 2 rings (SSSR count). The van der Waals surface area contributed by atoms with Crippen LogP contribution in [0.4, 0.5) is 0 Å². The van der Waals surface area contributed by atoms with Crippen LogP contribution in [0.5, 0.6) is 0 Å². The minimum atomic E-state index is -0.829. The summed E-state index contributed by atoms with van der Waals surface area (Å²) < 4.78 is 0. The average molecular weight is 264 g/mol. The van der Waals surface area contributed by atoms with E-state index in [2.05, 4.69) is 6.07 Å². The molecule has 1 N–H and O–H groups in total. The minimum Gasteiger partial charge on any atom is -0.391 e. The van der Waals surface area contributed by atoms with E-state index in [1.54, 1.807) is 11.9 Å². The first-order chi connectivity index (χ1) is 9.10. The van der Waals surface area contributed by atoms with Crippen LogP contribution in [-0.2, 0) is 4.79 Å². The summed E-state index contributed by atoms with van der Waals surface area (Å²) in [7, 11) is 1.76. The number of likely N-dealkylation sites (N-methyl/N-ethyl adjacent to an activating group) is 1. The number of hydrogen-bond donors (Lipinski definition) is 1. The molecule has 1 amide bonds. The molecule has 2 atom stereocenters. The van der Waals surface area contributed by atoms with Crippen LogP contribution in [0.25, 0.3) is 0 Å². The van der Waals surface area contributed by atoms with Gasteiger partial charge < -0.3 is 10.0 Å². The molecule has 0 aliphatic heterocycles. The van der Waals surface area contributed by atoms with Crippen molar-refractivity contribution >= 4 is 5.91 Å². The number of carbonyl (C=O) groups is 1. The molecule has 2 unspecified atom stereocenters. The lowest BCUT2D eigenvalue weighted by molar-refractivity contribution is -0.144. The summed E-state index contributed by atoms with van der Waals surface area (Å²) >= 11 is 0. The van der Waals surface area contributed by atoms with Gasteiger partial charge in [-0.25, -0.2) is 0 Å². The van der Waals surface area contributed by atoms with Crippen LogP contribution in [0.15, 0.2) is 0 Å². The predicted octanol–water partition coefficient (Wildman–Crippen LogP) is 2.22. The molecule has 2 aliphatic carbocycles. The Kier molecular flexibility index (Phi) is 4.46. The molecule has 0 aromatic rings. The molecule has 0 saturated heterocycles. The second-order valence-electron chi connectivity index (χ2n) is 6.09. The number of aliphatic hydroxyl groups excluding tert-OH is 1. The van der Waals surface area contributed by atoms with Gasteiger partial charge in [-0.05, 0) is 25.7 Å². The first kappa shape index (κ1) is 14.3. The molecule has 19 heavy (non-hydrogen) atoms. The highest BCUT2D eigenvalue weighted by molar-refractivity contribution is 5.85. The quantitative estimate of drug-likeness (QED) is 0.831. The summed E-state index contributed by atoms with van der Waals surface area (Å²) in [5.74, 6) is -0.0688. The molecule has 0 aromatic heterocycles. The van der Waals surface area contributed by atoms with Crippen molar-refractivity contribution in [2.45, 2.75) is 69.9 Å². The first-order valence-corrected chi connectivity index (χ1v) is 7.47. The van der Waals surface area contributed by atoms with Gasteiger partial charge in [-0.1, -0.05) is 32.1 Å². The van der Waals surface area contributed by atoms with E-state index in [0.717, 1.165) is 44.9 Å². The van der Waals surface area contributed by atoms with Crippen molar-refractivity contribution in [1.82, 2.24) is 4.90 Å². The summed E-state index contributed by atoms with van der Waals surface area (Å²) in [4.78, 5) is 14.4. The van der Waals surface area contributed by atoms with Gasteiger partial charge in [0.05, 0.1) is 18.2 Å². The van der Waals surface area contributed by atoms with Crippen LogP contribution < -0.4 is 0 Å². The van der Waals surface area contributed by atoms with Crippen molar-refractivity contribution in [2.24, 2.45) is 5.41 Å². The fourth-order valence-electron chi connectivity index (χ4n) is 3.56. The Balaban J connectivity index is 2.10. The van der Waals surface area contributed by atoms with Gasteiger partial charge >= 0.3 is 0 Å². The zero-order valence-corrected chi connectivity index (χ0v) is 11.8. The maximum Gasteiger partial charge on any atom is 0.243 e. The molecule has 2 saturated carbocycles. The molecular weight excluding hydrogens is 240 g/mol. The van der Waals surface area contributed by atoms with E-state index >= 15 is 0 Å². The summed E-state index contributed by atoms with van der Waals surface area (Å²) in [5, 5.41) is 19.5. The predicted molar refractivity (Wildman–Crippen MR) is 72.2 cm³/mol. The standard InChI is InChI=1S/C15H24N2O2/c1-17(12-7-3-4-8-13(12)18)14(19)15(11-16)9-5-2-6-10-15/h12-13,18H,2-10H2,1H3. The number of carbonyl (C=O) groups excluding carboxylic acids is 1. The summed E-state index contributed by atoms with van der Waals surface area (Å²) in [6.07, 6.45) is 7.66. The Bertz CT molecular complexity index is 369. The van der Waals surface area contributed by atoms with Gasteiger partial charge in [0.1, 0.15) is 5.41 Å².